The van der Waals surface area contributed by atoms with Crippen LogP contribution in [0.5, 0.6) is 17.2 Å². The van der Waals surface area contributed by atoms with E-state index in [1.54, 1.807) is 42.3 Å². The quantitative estimate of drug-likeness (QED) is 0.150. The molecule has 8 heteroatoms. The number of ketones is 1. The van der Waals surface area contributed by atoms with Gasteiger partial charge in [-0.25, -0.2) is 0 Å². The first kappa shape index (κ1) is 30.0. The minimum Gasteiger partial charge on any atom is -0.507 e. The molecule has 1 atom stereocenters. The van der Waals surface area contributed by atoms with Gasteiger partial charge in [-0.1, -0.05) is 33.3 Å². The third-order valence-corrected chi connectivity index (χ3v) is 7.10. The maximum absolute atomic E-state index is 13.4. The Kier molecular flexibility index (Phi) is 10.8. The van der Waals surface area contributed by atoms with Gasteiger partial charge in [-0.05, 0) is 74.8 Å². The topological polar surface area (TPSA) is 88.5 Å². The van der Waals surface area contributed by atoms with Crippen LogP contribution in [0.25, 0.3) is 5.76 Å². The Hall–Kier alpha value is -3.52. The number of methoxy groups -OCH3 is 1. The van der Waals surface area contributed by atoms with E-state index in [-0.39, 0.29) is 11.3 Å². The molecule has 3 rings (SSSR count). The van der Waals surface area contributed by atoms with Crippen molar-refractivity contribution in [2.75, 3.05) is 46.5 Å². The highest BCUT2D eigenvalue weighted by molar-refractivity contribution is 6.46. The zero-order valence-electron chi connectivity index (χ0n) is 24.1. The van der Waals surface area contributed by atoms with Crippen LogP contribution >= 0.6 is 0 Å². The van der Waals surface area contributed by atoms with Gasteiger partial charge in [0.1, 0.15) is 11.5 Å². The van der Waals surface area contributed by atoms with Gasteiger partial charge in [0.2, 0.25) is 0 Å². The summed E-state index contributed by atoms with van der Waals surface area (Å²) in [5, 5.41) is 11.5. The SMILES string of the molecule is CCCCOc1ccc(C(O)=C2C(=O)C(=O)N(CCN(CC)CC)[C@H]2c2ccc(OCC)c(OC)c2)cc1C. The van der Waals surface area contributed by atoms with Crippen LogP contribution in [0.4, 0.5) is 0 Å². The van der Waals surface area contributed by atoms with Crippen molar-refractivity contribution in [1.82, 2.24) is 9.80 Å². The number of hydrogen-bond donors (Lipinski definition) is 1. The van der Waals surface area contributed by atoms with Gasteiger partial charge in [0.15, 0.2) is 11.5 Å². The van der Waals surface area contributed by atoms with E-state index in [1.807, 2.05) is 19.9 Å². The number of rotatable bonds is 14. The molecule has 0 spiro atoms. The van der Waals surface area contributed by atoms with Crippen LogP contribution in [0.15, 0.2) is 42.0 Å². The number of hydrogen-bond acceptors (Lipinski definition) is 7. The van der Waals surface area contributed by atoms with Crippen LogP contribution < -0.4 is 14.2 Å². The Labute approximate surface area is 232 Å². The fraction of sp³-hybridized carbons (Fsp3) is 0.484. The van der Waals surface area contributed by atoms with Crippen molar-refractivity contribution in [3.8, 4) is 17.2 Å². The third kappa shape index (κ3) is 6.74. The summed E-state index contributed by atoms with van der Waals surface area (Å²) in [7, 11) is 1.55. The fourth-order valence-electron chi connectivity index (χ4n) is 4.82. The van der Waals surface area contributed by atoms with Crippen molar-refractivity contribution >= 4 is 17.4 Å². The van der Waals surface area contributed by atoms with Crippen molar-refractivity contribution in [3.05, 3.63) is 58.7 Å². The molecule has 1 amide bonds. The summed E-state index contributed by atoms with van der Waals surface area (Å²) in [6, 6.07) is 9.90. The summed E-state index contributed by atoms with van der Waals surface area (Å²) in [6.45, 7) is 13.7. The Morgan fingerprint density at radius 2 is 1.69 bits per heavy atom. The van der Waals surface area contributed by atoms with E-state index in [0.29, 0.717) is 48.9 Å². The number of aliphatic hydroxyl groups excluding tert-OH is 1. The summed E-state index contributed by atoms with van der Waals surface area (Å²) in [5.74, 6) is 0.252. The molecule has 2 aromatic carbocycles. The predicted octanol–water partition coefficient (Wildman–Crippen LogP) is 5.34. The van der Waals surface area contributed by atoms with Crippen LogP contribution in [0.1, 0.15) is 63.3 Å². The van der Waals surface area contributed by atoms with Crippen molar-refractivity contribution in [2.45, 2.75) is 53.5 Å². The highest BCUT2D eigenvalue weighted by Crippen LogP contribution is 2.42. The maximum atomic E-state index is 13.4. The van der Waals surface area contributed by atoms with E-state index < -0.39 is 17.7 Å². The highest BCUT2D eigenvalue weighted by Gasteiger charge is 2.46. The third-order valence-electron chi connectivity index (χ3n) is 7.10. The number of carbonyl (C=O) groups excluding carboxylic acids is 2. The van der Waals surface area contributed by atoms with Crippen molar-refractivity contribution in [1.29, 1.82) is 0 Å². The largest absolute Gasteiger partial charge is 0.507 e. The van der Waals surface area contributed by atoms with Crippen LogP contribution in [0.3, 0.4) is 0 Å². The van der Waals surface area contributed by atoms with Gasteiger partial charge in [0.05, 0.1) is 31.9 Å². The lowest BCUT2D eigenvalue weighted by atomic mass is 9.94. The van der Waals surface area contributed by atoms with Crippen LogP contribution in [0, 0.1) is 6.92 Å². The second-order valence-corrected chi connectivity index (χ2v) is 9.54. The van der Waals surface area contributed by atoms with E-state index in [9.17, 15) is 14.7 Å². The highest BCUT2D eigenvalue weighted by atomic mass is 16.5. The molecule has 1 fully saturated rings. The van der Waals surface area contributed by atoms with E-state index in [2.05, 4.69) is 25.7 Å². The molecule has 0 radical (unpaired) electrons. The number of nitrogens with zero attached hydrogens (tertiary/aromatic N) is 2. The average Bonchev–Trinajstić information content (AvgIpc) is 3.19. The Bertz CT molecular complexity index is 1190. The molecule has 0 unspecified atom stereocenters. The van der Waals surface area contributed by atoms with Crippen molar-refractivity contribution in [3.63, 3.8) is 0 Å². The average molecular weight is 539 g/mol. The molecule has 0 saturated carbocycles. The first-order chi connectivity index (χ1) is 18.8. The number of aryl methyl sites for hydroxylation is 1. The predicted molar refractivity (Wildman–Crippen MR) is 153 cm³/mol. The molecule has 2 aromatic rings. The number of ether oxygens (including phenoxy) is 3. The Balaban J connectivity index is 2.10. The minimum absolute atomic E-state index is 0.0600. The number of carbonyl (C=O) groups is 2. The van der Waals surface area contributed by atoms with Gasteiger partial charge in [-0.3, -0.25) is 9.59 Å². The summed E-state index contributed by atoms with van der Waals surface area (Å²) >= 11 is 0. The summed E-state index contributed by atoms with van der Waals surface area (Å²) in [4.78, 5) is 30.5. The second kappa shape index (κ2) is 14.0. The fourth-order valence-corrected chi connectivity index (χ4v) is 4.82. The van der Waals surface area contributed by atoms with E-state index >= 15 is 0 Å². The number of benzene rings is 2. The van der Waals surface area contributed by atoms with E-state index in [1.165, 1.54) is 0 Å². The number of unbranched alkanes of at least 4 members (excludes halogenated alkanes) is 1. The molecule has 8 nitrogen and oxygen atoms in total. The normalized spacial score (nSPS) is 16.7. The number of amides is 1. The first-order valence-corrected chi connectivity index (χ1v) is 13.9. The number of likely N-dealkylation sites (N-methyl/N-ethyl adjacent to an activating group) is 1. The summed E-state index contributed by atoms with van der Waals surface area (Å²) in [6.07, 6.45) is 1.98. The zero-order valence-corrected chi connectivity index (χ0v) is 24.1. The molecule has 0 bridgehead atoms. The van der Waals surface area contributed by atoms with Gasteiger partial charge in [0.25, 0.3) is 11.7 Å². The van der Waals surface area contributed by atoms with Gasteiger partial charge in [-0.15, -0.1) is 0 Å². The molecule has 1 saturated heterocycles. The molecule has 0 aliphatic carbocycles. The minimum atomic E-state index is -0.772. The molecule has 1 N–H and O–H groups in total. The van der Waals surface area contributed by atoms with Crippen molar-refractivity contribution in [2.24, 2.45) is 0 Å². The molecular weight excluding hydrogens is 496 g/mol. The van der Waals surface area contributed by atoms with Crippen LogP contribution in [-0.4, -0.2) is 73.1 Å². The molecule has 212 valence electrons. The summed E-state index contributed by atoms with van der Waals surface area (Å²) < 4.78 is 17.1. The zero-order chi connectivity index (χ0) is 28.5. The molecule has 1 aliphatic heterocycles. The number of likely N-dealkylation sites (tertiary alicyclic amines) is 1. The lowest BCUT2D eigenvalue weighted by Crippen LogP contribution is -2.38. The summed E-state index contributed by atoms with van der Waals surface area (Å²) in [5.41, 5.74) is 2.02. The molecule has 1 heterocycles. The molecular formula is C31H42N2O6. The number of Topliss-reactive ketones (excluding diaryl/α,β-unsaturated/α-hetero) is 1. The molecule has 39 heavy (non-hydrogen) atoms. The number of aliphatic hydroxyl groups is 1. The second-order valence-electron chi connectivity index (χ2n) is 9.54. The monoisotopic (exact) mass is 538 g/mol. The van der Waals surface area contributed by atoms with Gasteiger partial charge < -0.3 is 29.1 Å². The van der Waals surface area contributed by atoms with Gasteiger partial charge in [-0.2, -0.15) is 0 Å². The molecule has 1 aliphatic rings. The van der Waals surface area contributed by atoms with Crippen LogP contribution in [-0.2, 0) is 9.59 Å². The first-order valence-electron chi connectivity index (χ1n) is 13.9. The lowest BCUT2D eigenvalue weighted by Gasteiger charge is -2.28. The van der Waals surface area contributed by atoms with Gasteiger partial charge in [0, 0.05) is 18.7 Å². The Morgan fingerprint density at radius 1 is 0.974 bits per heavy atom. The van der Waals surface area contributed by atoms with E-state index in [4.69, 9.17) is 14.2 Å². The van der Waals surface area contributed by atoms with Crippen molar-refractivity contribution < 1.29 is 28.9 Å². The molecule has 0 aromatic heterocycles. The standard InChI is InChI=1S/C31H42N2O6/c1-7-11-18-39-24-14-13-23(19-21(24)5)29(34)27-28(22-12-15-25(38-10-4)26(20-22)37-6)33(31(36)30(27)35)17-16-32(8-2)9-3/h12-15,19-20,28,34H,7-11,16-18H2,1-6H3/t28-/m0/s1. The maximum Gasteiger partial charge on any atom is 0.295 e. The Morgan fingerprint density at radius 3 is 2.31 bits per heavy atom. The van der Waals surface area contributed by atoms with Crippen LogP contribution in [0.2, 0.25) is 0 Å². The lowest BCUT2D eigenvalue weighted by molar-refractivity contribution is -0.140. The van der Waals surface area contributed by atoms with Gasteiger partial charge >= 0.3 is 0 Å². The smallest absolute Gasteiger partial charge is 0.295 e. The van der Waals surface area contributed by atoms with E-state index in [0.717, 1.165) is 37.2 Å².